The molecule has 0 aliphatic carbocycles. The number of rotatable bonds is 7. The number of nitrogens with zero attached hydrogens (tertiary/aromatic N) is 1. The van der Waals surface area contributed by atoms with Gasteiger partial charge in [0.05, 0.1) is 8.07 Å². The Morgan fingerprint density at radius 3 is 2.29 bits per heavy atom. The van der Waals surface area contributed by atoms with Crippen LogP contribution < -0.4 is 0 Å². The summed E-state index contributed by atoms with van der Waals surface area (Å²) in [5.74, 6) is 0. The fourth-order valence-corrected chi connectivity index (χ4v) is 5.11. The zero-order valence-electron chi connectivity index (χ0n) is 9.89. The normalized spacial score (nSPS) is 17.9. The molecule has 0 bridgehead atoms. The molecule has 0 saturated carbocycles. The van der Waals surface area contributed by atoms with Crippen LogP contribution in [-0.4, -0.2) is 32.6 Å². The molecule has 1 aliphatic rings. The van der Waals surface area contributed by atoms with Crippen LogP contribution in [0, 0.1) is 0 Å². The average molecular weight is 211 g/mol. The molecular formula is C12H25NSi. The Labute approximate surface area is 90.2 Å². The number of likely N-dealkylation sites (tertiary alicyclic amines) is 1. The SMILES string of the molecule is C=C[Si](CC)(CC)CCCN1CCC1. The van der Waals surface area contributed by atoms with Crippen molar-refractivity contribution in [3.05, 3.63) is 12.3 Å². The maximum absolute atomic E-state index is 4.05. The Morgan fingerprint density at radius 2 is 1.93 bits per heavy atom. The van der Waals surface area contributed by atoms with E-state index in [0.29, 0.717) is 0 Å². The smallest absolute Gasteiger partial charge is 0.0765 e. The van der Waals surface area contributed by atoms with Crippen molar-refractivity contribution in [1.29, 1.82) is 0 Å². The van der Waals surface area contributed by atoms with Crippen molar-refractivity contribution < 1.29 is 0 Å². The minimum atomic E-state index is -1.04. The third-order valence-corrected chi connectivity index (χ3v) is 8.97. The van der Waals surface area contributed by atoms with E-state index >= 15 is 0 Å². The molecule has 0 aromatic carbocycles. The van der Waals surface area contributed by atoms with E-state index in [1.807, 2.05) is 0 Å². The first-order chi connectivity index (χ1) is 6.76. The van der Waals surface area contributed by atoms with Crippen LogP contribution in [0.25, 0.3) is 0 Å². The largest absolute Gasteiger partial charge is 0.303 e. The van der Waals surface area contributed by atoms with Gasteiger partial charge in [0, 0.05) is 0 Å². The summed E-state index contributed by atoms with van der Waals surface area (Å²) in [5.41, 5.74) is 2.32. The molecule has 0 N–H and O–H groups in total. The molecule has 1 rings (SSSR count). The van der Waals surface area contributed by atoms with Crippen LogP contribution in [0.15, 0.2) is 12.3 Å². The predicted octanol–water partition coefficient (Wildman–Crippen LogP) is 3.30. The molecule has 82 valence electrons. The van der Waals surface area contributed by atoms with Crippen LogP contribution in [0.2, 0.25) is 18.1 Å². The molecule has 0 spiro atoms. The second-order valence-corrected chi connectivity index (χ2v) is 9.62. The summed E-state index contributed by atoms with van der Waals surface area (Å²) in [6.07, 6.45) is 2.82. The molecule has 1 heterocycles. The van der Waals surface area contributed by atoms with Crippen molar-refractivity contribution in [2.75, 3.05) is 19.6 Å². The monoisotopic (exact) mass is 211 g/mol. The zero-order chi connectivity index (χ0) is 10.4. The van der Waals surface area contributed by atoms with Crippen molar-refractivity contribution in [3.63, 3.8) is 0 Å². The Bertz CT molecular complexity index is 171. The topological polar surface area (TPSA) is 3.24 Å². The first-order valence-electron chi connectivity index (χ1n) is 6.12. The lowest BCUT2D eigenvalue weighted by molar-refractivity contribution is 0.182. The van der Waals surface area contributed by atoms with E-state index in [-0.39, 0.29) is 0 Å². The summed E-state index contributed by atoms with van der Waals surface area (Å²) in [6, 6.07) is 4.22. The molecule has 1 saturated heterocycles. The van der Waals surface area contributed by atoms with E-state index in [1.165, 1.54) is 50.6 Å². The maximum atomic E-state index is 4.05. The molecule has 0 aromatic rings. The van der Waals surface area contributed by atoms with Gasteiger partial charge in [0.1, 0.15) is 0 Å². The lowest BCUT2D eigenvalue weighted by atomic mass is 10.2. The van der Waals surface area contributed by atoms with Crippen LogP contribution in [0.1, 0.15) is 26.7 Å². The summed E-state index contributed by atoms with van der Waals surface area (Å²) in [6.45, 7) is 12.8. The molecule has 0 radical (unpaired) electrons. The molecule has 0 aromatic heterocycles. The first kappa shape index (κ1) is 12.0. The summed E-state index contributed by atoms with van der Waals surface area (Å²) >= 11 is 0. The van der Waals surface area contributed by atoms with Crippen molar-refractivity contribution in [1.82, 2.24) is 4.90 Å². The van der Waals surface area contributed by atoms with Crippen LogP contribution in [0.3, 0.4) is 0 Å². The highest BCUT2D eigenvalue weighted by Gasteiger charge is 2.24. The molecule has 1 aliphatic heterocycles. The molecule has 1 fully saturated rings. The minimum Gasteiger partial charge on any atom is -0.303 e. The van der Waals surface area contributed by atoms with Crippen molar-refractivity contribution in [2.24, 2.45) is 0 Å². The van der Waals surface area contributed by atoms with Gasteiger partial charge in [0.15, 0.2) is 0 Å². The minimum absolute atomic E-state index is 1.04. The molecule has 0 unspecified atom stereocenters. The van der Waals surface area contributed by atoms with E-state index in [2.05, 4.69) is 31.0 Å². The predicted molar refractivity (Wildman–Crippen MR) is 67.4 cm³/mol. The van der Waals surface area contributed by atoms with E-state index in [1.54, 1.807) is 0 Å². The summed E-state index contributed by atoms with van der Waals surface area (Å²) < 4.78 is 0. The molecule has 2 heteroatoms. The fourth-order valence-electron chi connectivity index (χ4n) is 2.25. The van der Waals surface area contributed by atoms with E-state index in [0.717, 1.165) is 0 Å². The van der Waals surface area contributed by atoms with Crippen molar-refractivity contribution >= 4 is 8.07 Å². The lowest BCUT2D eigenvalue weighted by Gasteiger charge is -2.32. The Morgan fingerprint density at radius 1 is 1.29 bits per heavy atom. The Kier molecular flexibility index (Phi) is 4.89. The van der Waals surface area contributed by atoms with Gasteiger partial charge in [-0.15, -0.1) is 12.3 Å². The Balaban J connectivity index is 2.21. The molecule has 1 nitrogen and oxygen atoms in total. The van der Waals surface area contributed by atoms with Gasteiger partial charge < -0.3 is 4.90 Å². The summed E-state index contributed by atoms with van der Waals surface area (Å²) in [5, 5.41) is 0. The van der Waals surface area contributed by atoms with Gasteiger partial charge in [-0.25, -0.2) is 0 Å². The van der Waals surface area contributed by atoms with E-state index < -0.39 is 8.07 Å². The first-order valence-corrected chi connectivity index (χ1v) is 8.82. The van der Waals surface area contributed by atoms with Crippen LogP contribution in [0.5, 0.6) is 0 Å². The summed E-state index contributed by atoms with van der Waals surface area (Å²) in [7, 11) is -1.04. The fraction of sp³-hybridized carbons (Fsp3) is 0.833. The highest BCUT2D eigenvalue weighted by atomic mass is 28.3. The van der Waals surface area contributed by atoms with E-state index in [9.17, 15) is 0 Å². The standard InChI is InChI=1S/C12H25NSi/c1-4-14(5-2,6-3)12-8-11-13-9-7-10-13/h4H,1,5-12H2,2-3H3. The Hall–Kier alpha value is -0.0831. The molecule has 0 atom stereocenters. The van der Waals surface area contributed by atoms with E-state index in [4.69, 9.17) is 0 Å². The van der Waals surface area contributed by atoms with Crippen molar-refractivity contribution in [2.45, 2.75) is 44.8 Å². The second kappa shape index (κ2) is 5.71. The van der Waals surface area contributed by atoms with Crippen molar-refractivity contribution in [3.8, 4) is 0 Å². The van der Waals surface area contributed by atoms with Gasteiger partial charge >= 0.3 is 0 Å². The number of hydrogen-bond acceptors (Lipinski definition) is 1. The van der Waals surface area contributed by atoms with Crippen LogP contribution >= 0.6 is 0 Å². The molecule has 14 heavy (non-hydrogen) atoms. The average Bonchev–Trinajstić information content (AvgIpc) is 2.17. The van der Waals surface area contributed by atoms with Gasteiger partial charge in [-0.3, -0.25) is 0 Å². The quantitative estimate of drug-likeness (QED) is 0.584. The third kappa shape index (κ3) is 2.96. The third-order valence-electron chi connectivity index (χ3n) is 3.94. The van der Waals surface area contributed by atoms with Gasteiger partial charge in [-0.1, -0.05) is 32.0 Å². The molecule has 0 amide bonds. The van der Waals surface area contributed by atoms with Gasteiger partial charge in [0.2, 0.25) is 0 Å². The number of hydrogen-bond donors (Lipinski definition) is 0. The molecular weight excluding hydrogens is 186 g/mol. The van der Waals surface area contributed by atoms with Crippen LogP contribution in [0.4, 0.5) is 0 Å². The van der Waals surface area contributed by atoms with Gasteiger partial charge in [0.25, 0.3) is 0 Å². The highest BCUT2D eigenvalue weighted by molar-refractivity contribution is 6.84. The lowest BCUT2D eigenvalue weighted by Crippen LogP contribution is -2.39. The van der Waals surface area contributed by atoms with Gasteiger partial charge in [-0.05, 0) is 32.5 Å². The maximum Gasteiger partial charge on any atom is 0.0765 e. The zero-order valence-corrected chi connectivity index (χ0v) is 10.9. The highest BCUT2D eigenvalue weighted by Crippen LogP contribution is 2.23. The van der Waals surface area contributed by atoms with Crippen LogP contribution in [-0.2, 0) is 0 Å². The van der Waals surface area contributed by atoms with Gasteiger partial charge in [-0.2, -0.15) is 0 Å². The second-order valence-electron chi connectivity index (χ2n) is 4.57. The summed E-state index contributed by atoms with van der Waals surface area (Å²) in [4.78, 5) is 2.58.